The first-order valence-corrected chi connectivity index (χ1v) is 7.20. The number of esters is 1. The predicted molar refractivity (Wildman–Crippen MR) is 75.7 cm³/mol. The fourth-order valence-electron chi connectivity index (χ4n) is 2.62. The number of nitrogens with one attached hydrogen (secondary N) is 1. The fourth-order valence-corrected chi connectivity index (χ4v) is 2.62. The highest BCUT2D eigenvalue weighted by molar-refractivity contribution is 5.81. The quantitative estimate of drug-likeness (QED) is 0.716. The van der Waals surface area contributed by atoms with E-state index in [-0.39, 0.29) is 24.5 Å². The van der Waals surface area contributed by atoms with E-state index in [0.29, 0.717) is 13.0 Å². The van der Waals surface area contributed by atoms with E-state index in [4.69, 9.17) is 5.11 Å². The lowest BCUT2D eigenvalue weighted by Crippen LogP contribution is -2.48. The van der Waals surface area contributed by atoms with Gasteiger partial charge in [0.05, 0.1) is 13.0 Å². The Morgan fingerprint density at radius 1 is 1.33 bits per heavy atom. The van der Waals surface area contributed by atoms with Crippen molar-refractivity contribution in [2.45, 2.75) is 39.2 Å². The molecule has 7 nitrogen and oxygen atoms in total. The third kappa shape index (κ3) is 4.91. The minimum atomic E-state index is -0.804. The molecule has 0 bridgehead atoms. The molecule has 21 heavy (non-hydrogen) atoms. The van der Waals surface area contributed by atoms with Crippen molar-refractivity contribution in [3.8, 4) is 0 Å². The molecule has 2 amide bonds. The molecule has 120 valence electrons. The summed E-state index contributed by atoms with van der Waals surface area (Å²) in [6.45, 7) is 3.81. The van der Waals surface area contributed by atoms with Crippen molar-refractivity contribution in [1.82, 2.24) is 10.2 Å². The van der Waals surface area contributed by atoms with E-state index in [1.165, 1.54) is 12.0 Å². The summed E-state index contributed by atoms with van der Waals surface area (Å²) < 4.78 is 4.57. The number of urea groups is 1. The number of nitrogens with zero attached hydrogens (tertiary/aromatic N) is 1. The number of aliphatic carboxylic acids is 1. The summed E-state index contributed by atoms with van der Waals surface area (Å²) in [7, 11) is 1.27. The average Bonchev–Trinajstić information content (AvgIpc) is 2.90. The molecule has 2 N–H and O–H groups in total. The van der Waals surface area contributed by atoms with Gasteiger partial charge in [-0.3, -0.25) is 9.59 Å². The Morgan fingerprint density at radius 3 is 2.52 bits per heavy atom. The maximum atomic E-state index is 12.1. The maximum Gasteiger partial charge on any atom is 0.325 e. The molecule has 1 aliphatic carbocycles. The van der Waals surface area contributed by atoms with Gasteiger partial charge in [-0.15, -0.1) is 0 Å². The minimum absolute atomic E-state index is 0.0430. The molecule has 2 atom stereocenters. The van der Waals surface area contributed by atoms with Gasteiger partial charge in [-0.2, -0.15) is 0 Å². The number of carboxylic acids is 1. The van der Waals surface area contributed by atoms with Gasteiger partial charge < -0.3 is 20.1 Å². The molecule has 0 aromatic rings. The second-order valence-corrected chi connectivity index (χ2v) is 5.62. The number of carbonyl (C=O) groups excluding carboxylic acids is 2. The van der Waals surface area contributed by atoms with Crippen LogP contribution in [0.25, 0.3) is 0 Å². The van der Waals surface area contributed by atoms with Gasteiger partial charge in [0.1, 0.15) is 6.54 Å². The molecule has 1 saturated carbocycles. The van der Waals surface area contributed by atoms with Crippen molar-refractivity contribution < 1.29 is 24.2 Å². The van der Waals surface area contributed by atoms with Crippen LogP contribution in [0.1, 0.15) is 33.1 Å². The number of amides is 2. The van der Waals surface area contributed by atoms with Crippen LogP contribution in [-0.4, -0.2) is 54.2 Å². The number of carbonyl (C=O) groups is 3. The zero-order chi connectivity index (χ0) is 16.0. The molecule has 0 heterocycles. The summed E-state index contributed by atoms with van der Waals surface area (Å²) in [6, 6.07) is -0.519. The van der Waals surface area contributed by atoms with Crippen molar-refractivity contribution in [2.24, 2.45) is 11.8 Å². The van der Waals surface area contributed by atoms with Gasteiger partial charge in [-0.25, -0.2) is 4.79 Å². The fraction of sp³-hybridized carbons (Fsp3) is 0.786. The van der Waals surface area contributed by atoms with Gasteiger partial charge in [0, 0.05) is 12.6 Å². The number of rotatable bonds is 6. The smallest absolute Gasteiger partial charge is 0.325 e. The number of hydrogen-bond acceptors (Lipinski definition) is 4. The third-order valence-electron chi connectivity index (χ3n) is 3.90. The molecular formula is C14H24N2O5. The van der Waals surface area contributed by atoms with Gasteiger partial charge in [0.25, 0.3) is 0 Å². The van der Waals surface area contributed by atoms with Crippen LogP contribution in [0, 0.1) is 11.8 Å². The number of hydrogen-bond donors (Lipinski definition) is 2. The molecule has 0 spiro atoms. The molecule has 0 saturated heterocycles. The molecule has 1 rings (SSSR count). The summed E-state index contributed by atoms with van der Waals surface area (Å²) in [5.41, 5.74) is 0. The second kappa shape index (κ2) is 7.85. The molecule has 0 aromatic heterocycles. The lowest BCUT2D eigenvalue weighted by molar-refractivity contribution is -0.143. The topological polar surface area (TPSA) is 95.9 Å². The van der Waals surface area contributed by atoms with E-state index in [9.17, 15) is 14.4 Å². The number of methoxy groups -OCH3 is 1. The lowest BCUT2D eigenvalue weighted by atomic mass is 9.96. The van der Waals surface area contributed by atoms with Gasteiger partial charge in [0.15, 0.2) is 0 Å². The molecule has 0 aromatic carbocycles. The Bertz CT molecular complexity index is 397. The van der Waals surface area contributed by atoms with E-state index in [1.807, 2.05) is 0 Å². The Morgan fingerprint density at radius 2 is 2.00 bits per heavy atom. The van der Waals surface area contributed by atoms with Crippen LogP contribution in [-0.2, 0) is 14.3 Å². The maximum absolute atomic E-state index is 12.1. The Kier molecular flexibility index (Phi) is 6.45. The molecule has 0 aliphatic heterocycles. The van der Waals surface area contributed by atoms with E-state index in [2.05, 4.69) is 10.1 Å². The molecule has 2 unspecified atom stereocenters. The average molecular weight is 300 g/mol. The molecule has 7 heteroatoms. The SMILES string of the molecule is COC(=O)CN(C(=O)NCC1CCCC1C(=O)O)C(C)C. The highest BCUT2D eigenvalue weighted by atomic mass is 16.5. The Labute approximate surface area is 124 Å². The van der Waals surface area contributed by atoms with Crippen LogP contribution in [0.2, 0.25) is 0 Å². The van der Waals surface area contributed by atoms with Crippen molar-refractivity contribution in [3.63, 3.8) is 0 Å². The van der Waals surface area contributed by atoms with E-state index in [1.54, 1.807) is 13.8 Å². The van der Waals surface area contributed by atoms with Crippen LogP contribution < -0.4 is 5.32 Å². The van der Waals surface area contributed by atoms with Gasteiger partial charge in [-0.05, 0) is 32.6 Å². The number of carboxylic acid groups (broad SMARTS) is 1. The summed E-state index contributed by atoms with van der Waals surface area (Å²) in [4.78, 5) is 35.9. The Balaban J connectivity index is 2.53. The van der Waals surface area contributed by atoms with Gasteiger partial charge >= 0.3 is 18.0 Å². The normalized spacial score (nSPS) is 21.1. The van der Waals surface area contributed by atoms with Crippen LogP contribution in [0.15, 0.2) is 0 Å². The van der Waals surface area contributed by atoms with E-state index in [0.717, 1.165) is 12.8 Å². The van der Waals surface area contributed by atoms with Crippen LogP contribution in [0.3, 0.4) is 0 Å². The standard InChI is InChI=1S/C14H24N2O5/c1-9(2)16(8-12(17)21-3)14(20)15-7-10-5-4-6-11(10)13(18)19/h9-11H,4-8H2,1-3H3,(H,15,20)(H,18,19). The summed E-state index contributed by atoms with van der Waals surface area (Å²) in [6.07, 6.45) is 2.33. The Hall–Kier alpha value is -1.79. The second-order valence-electron chi connectivity index (χ2n) is 5.62. The van der Waals surface area contributed by atoms with Crippen molar-refractivity contribution in [3.05, 3.63) is 0 Å². The number of ether oxygens (including phenoxy) is 1. The van der Waals surface area contributed by atoms with Crippen LogP contribution >= 0.6 is 0 Å². The van der Waals surface area contributed by atoms with Crippen molar-refractivity contribution >= 4 is 18.0 Å². The third-order valence-corrected chi connectivity index (χ3v) is 3.90. The zero-order valence-corrected chi connectivity index (χ0v) is 12.8. The highest BCUT2D eigenvalue weighted by Crippen LogP contribution is 2.31. The molecular weight excluding hydrogens is 276 g/mol. The lowest BCUT2D eigenvalue weighted by Gasteiger charge is -2.27. The van der Waals surface area contributed by atoms with E-state index >= 15 is 0 Å². The molecule has 1 aliphatic rings. The van der Waals surface area contributed by atoms with Crippen LogP contribution in [0.5, 0.6) is 0 Å². The highest BCUT2D eigenvalue weighted by Gasteiger charge is 2.33. The first-order valence-electron chi connectivity index (χ1n) is 7.20. The predicted octanol–water partition coefficient (Wildman–Crippen LogP) is 1.08. The zero-order valence-electron chi connectivity index (χ0n) is 12.8. The molecule has 1 fully saturated rings. The van der Waals surface area contributed by atoms with Crippen LogP contribution in [0.4, 0.5) is 4.79 Å². The minimum Gasteiger partial charge on any atom is -0.481 e. The van der Waals surface area contributed by atoms with Crippen molar-refractivity contribution in [1.29, 1.82) is 0 Å². The first-order chi connectivity index (χ1) is 9.86. The van der Waals surface area contributed by atoms with Gasteiger partial charge in [0.2, 0.25) is 0 Å². The van der Waals surface area contributed by atoms with Gasteiger partial charge in [-0.1, -0.05) is 6.42 Å². The summed E-state index contributed by atoms with van der Waals surface area (Å²) in [5, 5.41) is 11.8. The largest absolute Gasteiger partial charge is 0.481 e. The monoisotopic (exact) mass is 300 g/mol. The summed E-state index contributed by atoms with van der Waals surface area (Å²) in [5.74, 6) is -1.72. The van der Waals surface area contributed by atoms with E-state index < -0.39 is 17.9 Å². The summed E-state index contributed by atoms with van der Waals surface area (Å²) >= 11 is 0. The first kappa shape index (κ1) is 17.3. The van der Waals surface area contributed by atoms with Crippen molar-refractivity contribution in [2.75, 3.05) is 20.2 Å². The molecule has 0 radical (unpaired) electrons.